The SMILES string of the molecule is CC(C)C.CC1[CH-]C[CH-]1.[CH-]1C2[CH-]C1[CH-]2.[CH-]1C2[CH-]C1[CH-]2.[CH2-]C([CH2-])[CH2-].[CH2-]C([CH2-])[CH2-].[CH2-]C[CH2-].[CH3-].[CH3-].[CH3-].[V+2].[V+2].[V].[V].[V].[V].[V].[V]. The summed E-state index contributed by atoms with van der Waals surface area (Å²) in [6.45, 7) is 35.9. The molecule has 7 rings (SSSR count). The van der Waals surface area contributed by atoms with Crippen LogP contribution in [0.1, 0.15) is 40.5 Å². The number of rotatable bonds is 0. The molecule has 0 heterocycles. The molecule has 41 heavy (non-hydrogen) atoms. The van der Waals surface area contributed by atoms with E-state index in [1.807, 2.05) is 0 Å². The summed E-state index contributed by atoms with van der Waals surface area (Å²) in [4.78, 5) is 0. The van der Waals surface area contributed by atoms with Gasteiger partial charge in [-0.15, -0.1) is 6.92 Å². The minimum atomic E-state index is 0. The van der Waals surface area contributed by atoms with Crippen LogP contribution in [0.15, 0.2) is 0 Å². The Morgan fingerprint density at radius 2 is 0.610 bits per heavy atom. The van der Waals surface area contributed by atoms with Crippen LogP contribution in [0.3, 0.4) is 0 Å². The van der Waals surface area contributed by atoms with E-state index in [9.17, 15) is 0 Å². The first-order valence-corrected chi connectivity index (χ1v) is 11.2. The molecule has 0 spiro atoms. The molecule has 8 heteroatoms. The molecule has 0 unspecified atom stereocenters. The Morgan fingerprint density at radius 3 is 0.610 bits per heavy atom. The first kappa shape index (κ1) is 85.4. The topological polar surface area (TPSA) is 0 Å². The summed E-state index contributed by atoms with van der Waals surface area (Å²) in [5.41, 5.74) is 0. The van der Waals surface area contributed by atoms with Crippen molar-refractivity contribution < 1.29 is 148 Å². The smallest absolute Gasteiger partial charge is 0.451 e. The summed E-state index contributed by atoms with van der Waals surface area (Å²) in [7, 11) is 0. The molecule has 0 saturated heterocycles. The Hall–Kier alpha value is 4.68. The van der Waals surface area contributed by atoms with E-state index >= 15 is 0 Å². The molecule has 0 nitrogen and oxygen atoms in total. The van der Waals surface area contributed by atoms with Gasteiger partial charge in [-0.25, -0.2) is 0 Å². The monoisotopic (exact) mass is 861 g/mol. The predicted octanol–water partition coefficient (Wildman–Crippen LogP) is 9.40. The molecule has 0 atom stereocenters. The molecule has 4 bridgehead atoms. The largest absolute Gasteiger partial charge is 2.00 e. The van der Waals surface area contributed by atoms with Crippen molar-refractivity contribution in [2.24, 2.45) is 47.3 Å². The molecular formula is C33H57V8-15. The van der Waals surface area contributed by atoms with Crippen molar-refractivity contribution in [1.29, 1.82) is 0 Å². The Kier molecular flexibility index (Phi) is 119. The molecule has 7 aliphatic carbocycles. The van der Waals surface area contributed by atoms with Crippen LogP contribution in [0.2, 0.25) is 0 Å². The van der Waals surface area contributed by atoms with E-state index in [2.05, 4.69) is 134 Å². The van der Waals surface area contributed by atoms with E-state index in [1.165, 1.54) is 6.42 Å². The third-order valence-corrected chi connectivity index (χ3v) is 3.68. The summed E-state index contributed by atoms with van der Waals surface area (Å²) in [6, 6.07) is 0. The maximum Gasteiger partial charge on any atom is 2.00 e. The summed E-state index contributed by atoms with van der Waals surface area (Å²) >= 11 is 0. The zero-order chi connectivity index (χ0) is 23.7. The third kappa shape index (κ3) is 67.7. The third-order valence-electron chi connectivity index (χ3n) is 3.68. The maximum atomic E-state index is 3.42. The molecule has 0 aromatic carbocycles. The molecule has 0 amide bonds. The van der Waals surface area contributed by atoms with Crippen LogP contribution in [0, 0.1) is 176 Å². The Bertz CT molecular complexity index is 279. The maximum absolute atomic E-state index is 3.42. The minimum Gasteiger partial charge on any atom is -0.451 e. The van der Waals surface area contributed by atoms with Crippen molar-refractivity contribution in [1.82, 2.24) is 0 Å². The quantitative estimate of drug-likeness (QED) is 0.213. The number of hydrogen-bond donors (Lipinski definition) is 0. The second kappa shape index (κ2) is 57.0. The second-order valence-electron chi connectivity index (χ2n) is 8.85. The van der Waals surface area contributed by atoms with E-state index in [4.69, 9.17) is 0 Å². The van der Waals surface area contributed by atoms with Crippen LogP contribution < -0.4 is 0 Å². The Labute approximate surface area is 361 Å². The summed E-state index contributed by atoms with van der Waals surface area (Å²) < 4.78 is 0. The van der Waals surface area contributed by atoms with Crippen molar-refractivity contribution in [2.45, 2.75) is 40.5 Å². The summed E-state index contributed by atoms with van der Waals surface area (Å²) in [6.07, 6.45) is 20.6. The van der Waals surface area contributed by atoms with Gasteiger partial charge in [-0.1, -0.05) is 20.8 Å². The van der Waals surface area contributed by atoms with Crippen molar-refractivity contribution in [3.8, 4) is 0 Å². The average Bonchev–Trinajstić information content (AvgIpc) is 2.26. The van der Waals surface area contributed by atoms with E-state index in [0.717, 1.165) is 41.9 Å². The molecule has 7 saturated carbocycles. The molecule has 7 aliphatic rings. The van der Waals surface area contributed by atoms with E-state index in [1.54, 1.807) is 0 Å². The number of hydrogen-bond acceptors (Lipinski definition) is 0. The Balaban J connectivity index is -0.0000000196. The van der Waals surface area contributed by atoms with Gasteiger partial charge in [0, 0.05) is 111 Å². The molecule has 0 aromatic rings. The van der Waals surface area contributed by atoms with Crippen LogP contribution >= 0.6 is 0 Å². The van der Waals surface area contributed by atoms with Crippen molar-refractivity contribution in [3.63, 3.8) is 0 Å². The summed E-state index contributed by atoms with van der Waals surface area (Å²) in [5.74, 6) is 5.15. The molecule has 0 N–H and O–H groups in total. The molecular weight excluding hydrogens is 804 g/mol. The fraction of sp³-hybridized carbons (Fsp3) is 0.424. The summed E-state index contributed by atoms with van der Waals surface area (Å²) in [5, 5.41) is 0. The molecule has 8 radical (unpaired) electrons. The average molecular weight is 861 g/mol. The zero-order valence-corrected chi connectivity index (χ0v) is 38.1. The first-order valence-electron chi connectivity index (χ1n) is 11.2. The van der Waals surface area contributed by atoms with Gasteiger partial charge in [-0.3, -0.25) is 0 Å². The van der Waals surface area contributed by atoms with Gasteiger partial charge in [0.15, 0.2) is 0 Å². The van der Waals surface area contributed by atoms with E-state index in [-0.39, 0.29) is 183 Å². The van der Waals surface area contributed by atoms with Gasteiger partial charge in [0.1, 0.15) is 0 Å². The van der Waals surface area contributed by atoms with Gasteiger partial charge in [-0.2, -0.15) is 0 Å². The van der Waals surface area contributed by atoms with Gasteiger partial charge in [0.25, 0.3) is 0 Å². The normalized spacial score (nSPS) is 20.3. The van der Waals surface area contributed by atoms with Crippen LogP contribution in [0.25, 0.3) is 0 Å². The van der Waals surface area contributed by atoms with Gasteiger partial charge in [0.05, 0.1) is 0 Å². The fourth-order valence-electron chi connectivity index (χ4n) is 1.84. The molecule has 244 valence electrons. The molecule has 0 aromatic heterocycles. The van der Waals surface area contributed by atoms with Crippen molar-refractivity contribution in [2.75, 3.05) is 0 Å². The van der Waals surface area contributed by atoms with Crippen molar-refractivity contribution >= 4 is 0 Å². The van der Waals surface area contributed by atoms with Crippen LogP contribution in [-0.2, 0) is 148 Å². The van der Waals surface area contributed by atoms with Crippen LogP contribution in [-0.4, -0.2) is 0 Å². The second-order valence-corrected chi connectivity index (χ2v) is 8.85. The van der Waals surface area contributed by atoms with Gasteiger partial charge < -0.3 is 183 Å². The van der Waals surface area contributed by atoms with Crippen LogP contribution in [0.4, 0.5) is 0 Å². The van der Waals surface area contributed by atoms with Gasteiger partial charge in [0.2, 0.25) is 0 Å². The van der Waals surface area contributed by atoms with E-state index < -0.39 is 0 Å². The molecule has 0 aliphatic heterocycles. The standard InChI is InChI=1S/2C5H5.C5H8.C4H10.2C4H7.C3H6.3CH3.8V/c2*1-4-2-5(1)3-4;1-5-3-2-4-5;3*1-4(2)3;1-3-2;;;;;;;;;;;/h2*1-5H;3-5H,2H2,1H3;4H,1-3H3;2*4H,1-3H2;1-3H2;3*1H3;;;;;;;;/q2*-3;-2;;2*-3;-2;3*-1;;;;;;;2*+2. The molecule has 7 fully saturated rings. The van der Waals surface area contributed by atoms with Gasteiger partial charge in [-0.05, 0) is 5.92 Å². The van der Waals surface area contributed by atoms with Crippen LogP contribution in [0.5, 0.6) is 0 Å². The van der Waals surface area contributed by atoms with E-state index in [0.29, 0.717) is 0 Å². The van der Waals surface area contributed by atoms with Gasteiger partial charge >= 0.3 is 37.1 Å². The first-order chi connectivity index (χ1) is 13.9. The predicted molar refractivity (Wildman–Crippen MR) is 156 cm³/mol. The minimum absolute atomic E-state index is 0. The fourth-order valence-corrected chi connectivity index (χ4v) is 1.84. The zero-order valence-electron chi connectivity index (χ0n) is 26.9. The van der Waals surface area contributed by atoms with Crippen molar-refractivity contribution in [3.05, 3.63) is 129 Å². The Morgan fingerprint density at radius 1 is 0.537 bits per heavy atom.